The molecule has 0 aliphatic carbocycles. The maximum atomic E-state index is 11.1. The van der Waals surface area contributed by atoms with Crippen LogP contribution in [0.4, 0.5) is 5.13 Å². The second kappa shape index (κ2) is 5.25. The van der Waals surface area contributed by atoms with E-state index in [0.29, 0.717) is 16.4 Å². The van der Waals surface area contributed by atoms with Crippen molar-refractivity contribution in [2.45, 2.75) is 32.6 Å². The van der Waals surface area contributed by atoms with E-state index in [1.54, 1.807) is 0 Å². The molecule has 0 fully saturated rings. The zero-order valence-corrected chi connectivity index (χ0v) is 12.6. The number of aromatic nitrogens is 1. The average molecular weight is 290 g/mol. The van der Waals surface area contributed by atoms with Crippen LogP contribution in [-0.2, 0) is 11.8 Å². The molecule has 2 rings (SSSR count). The Bertz CT molecular complexity index is 624. The molecule has 0 unspecified atom stereocenters. The van der Waals surface area contributed by atoms with Gasteiger partial charge in [0.15, 0.2) is 10.8 Å². The summed E-state index contributed by atoms with van der Waals surface area (Å²) in [6, 6.07) is 8.23. The lowest BCUT2D eigenvalue weighted by Crippen LogP contribution is -2.10. The lowest BCUT2D eigenvalue weighted by atomic mass is 9.86. The highest BCUT2D eigenvalue weighted by Gasteiger charge is 2.17. The molecule has 0 spiro atoms. The van der Waals surface area contributed by atoms with Gasteiger partial charge in [-0.3, -0.25) is 0 Å². The predicted octanol–water partition coefficient (Wildman–Crippen LogP) is 3.31. The summed E-state index contributed by atoms with van der Waals surface area (Å²) in [7, 11) is 0. The van der Waals surface area contributed by atoms with Crippen LogP contribution >= 0.6 is 11.3 Å². The van der Waals surface area contributed by atoms with Crippen molar-refractivity contribution in [2.75, 3.05) is 5.73 Å². The first-order chi connectivity index (χ1) is 9.27. The first-order valence-electron chi connectivity index (χ1n) is 6.35. The second-order valence-electron chi connectivity index (χ2n) is 5.75. The molecule has 0 aliphatic rings. The van der Waals surface area contributed by atoms with E-state index < -0.39 is 5.97 Å². The van der Waals surface area contributed by atoms with Crippen LogP contribution in [-0.4, -0.2) is 16.1 Å². The Morgan fingerprint density at radius 2 is 1.90 bits per heavy atom. The number of aromatic carboxylic acids is 1. The Kier molecular flexibility index (Phi) is 3.81. The maximum absolute atomic E-state index is 11.1. The number of benzene rings is 1. The molecule has 20 heavy (non-hydrogen) atoms. The van der Waals surface area contributed by atoms with Gasteiger partial charge in [-0.25, -0.2) is 9.78 Å². The van der Waals surface area contributed by atoms with Crippen molar-refractivity contribution < 1.29 is 9.90 Å². The fourth-order valence-electron chi connectivity index (χ4n) is 1.96. The van der Waals surface area contributed by atoms with Crippen molar-refractivity contribution >= 4 is 22.4 Å². The highest BCUT2D eigenvalue weighted by Crippen LogP contribution is 2.26. The van der Waals surface area contributed by atoms with Gasteiger partial charge >= 0.3 is 5.97 Å². The SMILES string of the molecule is CC(C)(C)c1ccc(Cc2sc(N)nc2C(=O)O)cc1. The number of hydrogen-bond donors (Lipinski definition) is 2. The van der Waals surface area contributed by atoms with Crippen molar-refractivity contribution in [3.63, 3.8) is 0 Å². The zero-order chi connectivity index (χ0) is 14.9. The van der Waals surface area contributed by atoms with Crippen LogP contribution in [0.25, 0.3) is 0 Å². The summed E-state index contributed by atoms with van der Waals surface area (Å²) in [5, 5.41) is 9.39. The number of hydrogen-bond acceptors (Lipinski definition) is 4. The van der Waals surface area contributed by atoms with E-state index in [0.717, 1.165) is 5.56 Å². The second-order valence-corrected chi connectivity index (χ2v) is 6.87. The number of thiazole rings is 1. The van der Waals surface area contributed by atoms with E-state index in [-0.39, 0.29) is 11.1 Å². The Labute approximate surface area is 122 Å². The summed E-state index contributed by atoms with van der Waals surface area (Å²) in [5.41, 5.74) is 8.08. The van der Waals surface area contributed by atoms with Crippen LogP contribution in [0.2, 0.25) is 0 Å². The summed E-state index contributed by atoms with van der Waals surface area (Å²) in [5.74, 6) is -1.03. The standard InChI is InChI=1S/C15H18N2O2S/c1-15(2,3)10-6-4-9(5-7-10)8-11-12(13(18)19)17-14(16)20-11/h4-7H,8H2,1-3H3,(H2,16,17)(H,18,19). The zero-order valence-electron chi connectivity index (χ0n) is 11.8. The Morgan fingerprint density at radius 1 is 1.30 bits per heavy atom. The highest BCUT2D eigenvalue weighted by molar-refractivity contribution is 7.15. The molecule has 0 amide bonds. The maximum Gasteiger partial charge on any atom is 0.355 e. The van der Waals surface area contributed by atoms with Crippen LogP contribution in [0.5, 0.6) is 0 Å². The van der Waals surface area contributed by atoms with Crippen LogP contribution in [0, 0.1) is 0 Å². The molecule has 0 saturated heterocycles. The molecule has 0 atom stereocenters. The molecule has 106 valence electrons. The fraction of sp³-hybridized carbons (Fsp3) is 0.333. The summed E-state index contributed by atoms with van der Waals surface area (Å²) >= 11 is 1.23. The molecular formula is C15H18N2O2S. The Morgan fingerprint density at radius 3 is 2.40 bits per heavy atom. The Hall–Kier alpha value is -1.88. The molecule has 1 aromatic heterocycles. The van der Waals surface area contributed by atoms with Crippen LogP contribution in [0.3, 0.4) is 0 Å². The molecule has 2 aromatic rings. The van der Waals surface area contributed by atoms with Gasteiger partial charge in [0, 0.05) is 11.3 Å². The first kappa shape index (κ1) is 14.5. The summed E-state index contributed by atoms with van der Waals surface area (Å²) in [4.78, 5) is 15.7. The number of nitrogens with two attached hydrogens (primary N) is 1. The van der Waals surface area contributed by atoms with Gasteiger partial charge in [-0.1, -0.05) is 45.0 Å². The molecule has 0 aliphatic heterocycles. The van der Waals surface area contributed by atoms with Gasteiger partial charge in [-0.15, -0.1) is 11.3 Å². The number of carbonyl (C=O) groups is 1. The van der Waals surface area contributed by atoms with Crippen LogP contribution < -0.4 is 5.73 Å². The lowest BCUT2D eigenvalue weighted by Gasteiger charge is -2.19. The number of carboxylic acids is 1. The van der Waals surface area contributed by atoms with Gasteiger partial charge in [0.2, 0.25) is 0 Å². The van der Waals surface area contributed by atoms with Gasteiger partial charge in [0.25, 0.3) is 0 Å². The predicted molar refractivity (Wildman–Crippen MR) is 81.4 cm³/mol. The molecule has 3 N–H and O–H groups in total. The van der Waals surface area contributed by atoms with Gasteiger partial charge < -0.3 is 10.8 Å². The third-order valence-electron chi connectivity index (χ3n) is 3.10. The van der Waals surface area contributed by atoms with Gasteiger partial charge in [-0.2, -0.15) is 0 Å². The number of rotatable bonds is 3. The average Bonchev–Trinajstić information content (AvgIpc) is 2.70. The largest absolute Gasteiger partial charge is 0.476 e. The van der Waals surface area contributed by atoms with E-state index in [1.807, 2.05) is 12.1 Å². The molecule has 0 bridgehead atoms. The topological polar surface area (TPSA) is 76.2 Å². The third kappa shape index (κ3) is 3.17. The smallest absolute Gasteiger partial charge is 0.355 e. The van der Waals surface area contributed by atoms with E-state index in [1.165, 1.54) is 16.9 Å². The lowest BCUT2D eigenvalue weighted by molar-refractivity contribution is 0.0690. The number of nitrogens with zero attached hydrogens (tertiary/aromatic N) is 1. The van der Waals surface area contributed by atoms with Crippen molar-refractivity contribution in [2.24, 2.45) is 0 Å². The van der Waals surface area contributed by atoms with E-state index in [2.05, 4.69) is 37.9 Å². The molecule has 4 nitrogen and oxygen atoms in total. The number of anilines is 1. The van der Waals surface area contributed by atoms with Gasteiger partial charge in [-0.05, 0) is 16.5 Å². The minimum Gasteiger partial charge on any atom is -0.476 e. The molecule has 5 heteroatoms. The first-order valence-corrected chi connectivity index (χ1v) is 7.17. The van der Waals surface area contributed by atoms with Crippen molar-refractivity contribution in [1.29, 1.82) is 0 Å². The fourth-order valence-corrected chi connectivity index (χ4v) is 2.82. The molecule has 0 saturated carbocycles. The summed E-state index contributed by atoms with van der Waals surface area (Å²) in [6.07, 6.45) is 0.543. The summed E-state index contributed by atoms with van der Waals surface area (Å²) < 4.78 is 0. The van der Waals surface area contributed by atoms with E-state index in [4.69, 9.17) is 10.8 Å². The minimum atomic E-state index is -1.03. The van der Waals surface area contributed by atoms with Crippen molar-refractivity contribution in [3.05, 3.63) is 46.0 Å². The quantitative estimate of drug-likeness (QED) is 0.909. The molecule has 1 aromatic carbocycles. The van der Waals surface area contributed by atoms with Gasteiger partial charge in [0.1, 0.15) is 0 Å². The van der Waals surface area contributed by atoms with Crippen LogP contribution in [0.1, 0.15) is 47.3 Å². The molecule has 0 radical (unpaired) electrons. The molecule has 1 heterocycles. The van der Waals surface area contributed by atoms with E-state index >= 15 is 0 Å². The number of carboxylic acid groups (broad SMARTS) is 1. The number of nitrogen functional groups attached to an aromatic ring is 1. The van der Waals surface area contributed by atoms with Crippen molar-refractivity contribution in [1.82, 2.24) is 4.98 Å². The van der Waals surface area contributed by atoms with Gasteiger partial charge in [0.05, 0.1) is 0 Å². The minimum absolute atomic E-state index is 0.0624. The highest BCUT2D eigenvalue weighted by atomic mass is 32.1. The third-order valence-corrected chi connectivity index (χ3v) is 3.99. The summed E-state index contributed by atoms with van der Waals surface area (Å²) in [6.45, 7) is 6.48. The van der Waals surface area contributed by atoms with E-state index in [9.17, 15) is 4.79 Å². The normalized spacial score (nSPS) is 11.6. The van der Waals surface area contributed by atoms with Crippen LogP contribution in [0.15, 0.2) is 24.3 Å². The monoisotopic (exact) mass is 290 g/mol. The van der Waals surface area contributed by atoms with Crippen molar-refractivity contribution in [3.8, 4) is 0 Å². The molecular weight excluding hydrogens is 272 g/mol. The Balaban J connectivity index is 2.25.